The van der Waals surface area contributed by atoms with E-state index in [0.717, 1.165) is 23.3 Å². The summed E-state index contributed by atoms with van der Waals surface area (Å²) < 4.78 is 76.6. The Balaban J connectivity index is 2.46. The fraction of sp³-hybridized carbons (Fsp3) is 0.200. The molecule has 2 aromatic carbocycles. The van der Waals surface area contributed by atoms with Crippen LogP contribution in [0.2, 0.25) is 5.02 Å². The molecule has 0 aliphatic heterocycles. The highest BCUT2D eigenvalue weighted by Gasteiger charge is 2.48. The number of alkyl halides is 3. The van der Waals surface area contributed by atoms with Crippen LogP contribution in [0.3, 0.4) is 0 Å². The molecule has 24 heavy (non-hydrogen) atoms. The molecule has 9 heteroatoms. The molecule has 3 nitrogen and oxygen atoms in total. The maximum absolute atomic E-state index is 14.0. The van der Waals surface area contributed by atoms with E-state index in [1.807, 2.05) is 0 Å². The Hall–Kier alpha value is -1.80. The van der Waals surface area contributed by atoms with E-state index in [-0.39, 0.29) is 0 Å². The summed E-state index contributed by atoms with van der Waals surface area (Å²) >= 11 is 5.91. The molecule has 0 amide bonds. The minimum absolute atomic E-state index is 0.357. The predicted octanol–water partition coefficient (Wildman–Crippen LogP) is 4.99. The number of benzene rings is 2. The monoisotopic (exact) mass is 382 g/mol. The first kappa shape index (κ1) is 18.5. The molecule has 0 spiro atoms. The second-order valence-electron chi connectivity index (χ2n) is 5.04. The van der Waals surface area contributed by atoms with Gasteiger partial charge in [-0.1, -0.05) is 17.7 Å². The van der Waals surface area contributed by atoms with Crippen molar-refractivity contribution in [1.82, 2.24) is 0 Å². The van der Waals surface area contributed by atoms with E-state index in [9.17, 15) is 26.0 Å². The maximum Gasteiger partial charge on any atom is 0.534 e. The van der Waals surface area contributed by atoms with Gasteiger partial charge in [0.05, 0.1) is 0 Å². The number of rotatable bonds is 3. The first-order chi connectivity index (χ1) is 10.9. The molecule has 0 fully saturated rings. The zero-order chi connectivity index (χ0) is 18.3. The summed E-state index contributed by atoms with van der Waals surface area (Å²) in [6.07, 6.45) is 0. The van der Waals surface area contributed by atoms with Crippen LogP contribution in [-0.2, 0) is 10.1 Å². The van der Waals surface area contributed by atoms with Gasteiger partial charge in [-0.15, -0.1) is 0 Å². The summed E-state index contributed by atoms with van der Waals surface area (Å²) in [5.41, 5.74) is -3.17. The van der Waals surface area contributed by atoms with Gasteiger partial charge in [0.2, 0.25) is 0 Å². The highest BCUT2D eigenvalue weighted by molar-refractivity contribution is 7.88. The van der Waals surface area contributed by atoms with Gasteiger partial charge in [-0.3, -0.25) is 0 Å². The summed E-state index contributed by atoms with van der Waals surface area (Å²) in [6.45, 7) is 3.48. The van der Waals surface area contributed by atoms with Gasteiger partial charge in [0, 0.05) is 5.02 Å². The highest BCUT2D eigenvalue weighted by atomic mass is 35.5. The van der Waals surface area contributed by atoms with Crippen LogP contribution in [0.15, 0.2) is 30.3 Å². The van der Waals surface area contributed by atoms with Crippen molar-refractivity contribution in [3.8, 4) is 16.9 Å². The average molecular weight is 383 g/mol. The van der Waals surface area contributed by atoms with Crippen LogP contribution in [0.4, 0.5) is 17.6 Å². The standard InChI is InChI=1S/C15H11ClF4O3S/c1-8-5-11(16)6-9(2)14(8)10-3-4-13(12(17)7-10)23-24(21,22)15(18,19)20/h3-7H,1-2H3. The lowest BCUT2D eigenvalue weighted by Gasteiger charge is -2.13. The Morgan fingerprint density at radius 2 is 1.58 bits per heavy atom. The van der Waals surface area contributed by atoms with E-state index in [2.05, 4.69) is 4.18 Å². The average Bonchev–Trinajstić information content (AvgIpc) is 2.39. The molecular formula is C15H11ClF4O3S. The Morgan fingerprint density at radius 1 is 1.04 bits per heavy atom. The zero-order valence-electron chi connectivity index (χ0n) is 12.4. The van der Waals surface area contributed by atoms with E-state index in [1.54, 1.807) is 26.0 Å². The van der Waals surface area contributed by atoms with Crippen molar-refractivity contribution in [2.75, 3.05) is 0 Å². The highest BCUT2D eigenvalue weighted by Crippen LogP contribution is 2.34. The van der Waals surface area contributed by atoms with Gasteiger partial charge in [0.1, 0.15) is 0 Å². The van der Waals surface area contributed by atoms with E-state index < -0.39 is 27.2 Å². The lowest BCUT2D eigenvalue weighted by Crippen LogP contribution is -2.28. The molecule has 0 N–H and O–H groups in total. The van der Waals surface area contributed by atoms with Gasteiger partial charge in [0.15, 0.2) is 11.6 Å². The third-order valence-corrected chi connectivity index (χ3v) is 4.39. The van der Waals surface area contributed by atoms with Crippen molar-refractivity contribution < 1.29 is 30.2 Å². The lowest BCUT2D eigenvalue weighted by atomic mass is 9.96. The van der Waals surface area contributed by atoms with Gasteiger partial charge in [0.25, 0.3) is 0 Å². The number of hydrogen-bond acceptors (Lipinski definition) is 3. The third kappa shape index (κ3) is 3.64. The summed E-state index contributed by atoms with van der Waals surface area (Å²) in [7, 11) is -5.93. The molecule has 0 aromatic heterocycles. The third-order valence-electron chi connectivity index (χ3n) is 3.20. The second kappa shape index (κ2) is 6.25. The van der Waals surface area contributed by atoms with Crippen LogP contribution < -0.4 is 4.18 Å². The van der Waals surface area contributed by atoms with Crippen LogP contribution in [-0.4, -0.2) is 13.9 Å². The van der Waals surface area contributed by atoms with Crippen LogP contribution >= 0.6 is 11.6 Å². The maximum atomic E-state index is 14.0. The van der Waals surface area contributed by atoms with E-state index >= 15 is 0 Å². The normalized spacial score (nSPS) is 12.3. The Kier molecular flexibility index (Phi) is 4.83. The van der Waals surface area contributed by atoms with Gasteiger partial charge < -0.3 is 4.18 Å². The lowest BCUT2D eigenvalue weighted by molar-refractivity contribution is -0.0500. The van der Waals surface area contributed by atoms with Crippen molar-refractivity contribution >= 4 is 21.7 Å². The van der Waals surface area contributed by atoms with Gasteiger partial charge in [-0.25, -0.2) is 4.39 Å². The van der Waals surface area contributed by atoms with Crippen LogP contribution in [0.25, 0.3) is 11.1 Å². The molecule has 0 bridgehead atoms. The smallest absolute Gasteiger partial charge is 0.373 e. The van der Waals surface area contributed by atoms with Crippen LogP contribution in [0.5, 0.6) is 5.75 Å². The molecule has 0 heterocycles. The Labute approximate surface area is 140 Å². The molecule has 0 radical (unpaired) electrons. The van der Waals surface area contributed by atoms with Crippen molar-refractivity contribution in [3.05, 3.63) is 52.3 Å². The minimum atomic E-state index is -5.93. The SMILES string of the molecule is Cc1cc(Cl)cc(C)c1-c1ccc(OS(=O)(=O)C(F)(F)F)c(F)c1. The van der Waals surface area contributed by atoms with E-state index in [1.165, 1.54) is 6.07 Å². The summed E-state index contributed by atoms with van der Waals surface area (Å²) in [6, 6.07) is 6.32. The molecule has 0 atom stereocenters. The molecule has 130 valence electrons. The fourth-order valence-corrected chi connectivity index (χ4v) is 3.05. The van der Waals surface area contributed by atoms with Crippen molar-refractivity contribution in [1.29, 1.82) is 0 Å². The molecule has 0 aliphatic carbocycles. The summed E-state index contributed by atoms with van der Waals surface area (Å²) in [4.78, 5) is 0. The Morgan fingerprint density at radius 3 is 2.04 bits per heavy atom. The zero-order valence-corrected chi connectivity index (χ0v) is 14.0. The van der Waals surface area contributed by atoms with E-state index in [4.69, 9.17) is 11.6 Å². The topological polar surface area (TPSA) is 43.4 Å². The molecule has 0 saturated heterocycles. The first-order valence-corrected chi connectivity index (χ1v) is 8.28. The van der Waals surface area contributed by atoms with Crippen molar-refractivity contribution in [3.63, 3.8) is 0 Å². The van der Waals surface area contributed by atoms with Crippen LogP contribution in [0, 0.1) is 19.7 Å². The first-order valence-electron chi connectivity index (χ1n) is 6.50. The van der Waals surface area contributed by atoms with Crippen molar-refractivity contribution in [2.24, 2.45) is 0 Å². The molecular weight excluding hydrogens is 372 g/mol. The molecule has 2 rings (SSSR count). The van der Waals surface area contributed by atoms with Crippen molar-refractivity contribution in [2.45, 2.75) is 19.4 Å². The second-order valence-corrected chi connectivity index (χ2v) is 7.02. The predicted molar refractivity (Wildman–Crippen MR) is 81.9 cm³/mol. The number of aryl methyl sites for hydroxylation is 2. The summed E-state index contributed by atoms with van der Waals surface area (Å²) in [5.74, 6) is -2.26. The summed E-state index contributed by atoms with van der Waals surface area (Å²) in [5, 5.41) is 0.491. The molecule has 0 unspecified atom stereocenters. The number of hydrogen-bond donors (Lipinski definition) is 0. The molecule has 0 aliphatic rings. The minimum Gasteiger partial charge on any atom is -0.373 e. The fourth-order valence-electron chi connectivity index (χ4n) is 2.26. The Bertz CT molecular complexity index is 869. The van der Waals surface area contributed by atoms with Gasteiger partial charge >= 0.3 is 15.6 Å². The number of halogens is 5. The van der Waals surface area contributed by atoms with E-state index in [0.29, 0.717) is 16.1 Å². The van der Waals surface area contributed by atoms with Gasteiger partial charge in [-0.2, -0.15) is 21.6 Å². The largest absolute Gasteiger partial charge is 0.534 e. The molecule has 2 aromatic rings. The van der Waals surface area contributed by atoms with Crippen LogP contribution in [0.1, 0.15) is 11.1 Å². The molecule has 0 saturated carbocycles. The van der Waals surface area contributed by atoms with Gasteiger partial charge in [-0.05, 0) is 60.4 Å². The quantitative estimate of drug-likeness (QED) is 0.426.